The number of amides is 1. The van der Waals surface area contributed by atoms with Crippen LogP contribution in [0.5, 0.6) is 0 Å². The van der Waals surface area contributed by atoms with Gasteiger partial charge in [0.1, 0.15) is 0 Å². The molecule has 0 saturated carbocycles. The average Bonchev–Trinajstić information content (AvgIpc) is 2.24. The molecule has 0 aliphatic heterocycles. The maximum atomic E-state index is 11.1. The van der Waals surface area contributed by atoms with E-state index in [0.29, 0.717) is 5.06 Å². The summed E-state index contributed by atoms with van der Waals surface area (Å²) in [4.78, 5) is 28.2. The first-order valence-corrected chi connectivity index (χ1v) is 6.34. The number of hydrogen-bond donors (Lipinski definition) is 5. The minimum Gasteiger partial charge on any atom is -0.379 e. The van der Waals surface area contributed by atoms with Crippen molar-refractivity contribution in [3.8, 4) is 12.3 Å². The quantitative estimate of drug-likeness (QED) is 0.127. The molecule has 0 bridgehead atoms. The molecule has 1 unspecified atom stereocenters. The highest BCUT2D eigenvalue weighted by molar-refractivity contribution is 7.52. The van der Waals surface area contributed by atoms with Crippen molar-refractivity contribution in [1.29, 1.82) is 0 Å². The Balaban J connectivity index is 3.86. The van der Waals surface area contributed by atoms with E-state index in [0.717, 1.165) is 0 Å². The Kier molecular flexibility index (Phi) is 6.99. The van der Waals surface area contributed by atoms with Gasteiger partial charge in [-0.05, 0) is 0 Å². The molecule has 17 heavy (non-hydrogen) atoms. The highest BCUT2D eigenvalue weighted by atomic mass is 31.2. The van der Waals surface area contributed by atoms with Crippen LogP contribution in [0.1, 0.15) is 12.8 Å². The summed E-state index contributed by atoms with van der Waals surface area (Å²) in [5.74, 6) is -0.276. The average molecular weight is 266 g/mol. The molecular weight excluding hydrogens is 251 g/mol. The number of nitrogens with one attached hydrogen (secondary N) is 1. The van der Waals surface area contributed by atoms with Gasteiger partial charge >= 0.3 is 7.60 Å². The third-order valence-electron chi connectivity index (χ3n) is 1.75. The number of aliphatic hydroxyl groups excluding tert-OH is 1. The van der Waals surface area contributed by atoms with Crippen molar-refractivity contribution in [1.82, 2.24) is 10.4 Å². The molecule has 0 rings (SSSR count). The lowest BCUT2D eigenvalue weighted by atomic mass is 10.3. The van der Waals surface area contributed by atoms with Crippen LogP contribution in [0.2, 0.25) is 0 Å². The van der Waals surface area contributed by atoms with E-state index >= 15 is 0 Å². The topological polar surface area (TPSA) is 130 Å². The minimum atomic E-state index is -4.58. The number of terminal acetylenes is 1. The van der Waals surface area contributed by atoms with Gasteiger partial charge in [-0.25, -0.2) is 5.06 Å². The molecule has 0 fully saturated rings. The van der Waals surface area contributed by atoms with Crippen LogP contribution in [0.15, 0.2) is 0 Å². The van der Waals surface area contributed by atoms with E-state index in [2.05, 4.69) is 11.2 Å². The van der Waals surface area contributed by atoms with Gasteiger partial charge in [-0.15, -0.1) is 12.3 Å². The molecule has 0 aromatic rings. The van der Waals surface area contributed by atoms with Gasteiger partial charge in [0.25, 0.3) is 0 Å². The molecule has 0 aliphatic rings. The summed E-state index contributed by atoms with van der Waals surface area (Å²) in [5.41, 5.74) is 0. The van der Waals surface area contributed by atoms with Crippen LogP contribution >= 0.6 is 7.60 Å². The lowest BCUT2D eigenvalue weighted by molar-refractivity contribution is -0.166. The first-order chi connectivity index (χ1) is 7.79. The van der Waals surface area contributed by atoms with Crippen molar-refractivity contribution >= 4 is 13.5 Å². The van der Waals surface area contributed by atoms with E-state index in [1.807, 2.05) is 0 Å². The fourth-order valence-electron chi connectivity index (χ4n) is 0.815. The monoisotopic (exact) mass is 266 g/mol. The number of hydroxylamine groups is 2. The molecule has 9 heteroatoms. The first-order valence-electron chi connectivity index (χ1n) is 4.65. The van der Waals surface area contributed by atoms with Crippen molar-refractivity contribution in [2.75, 3.05) is 13.2 Å². The molecule has 0 aromatic heterocycles. The predicted molar refractivity (Wildman–Crippen MR) is 57.6 cm³/mol. The number of carbonyl (C=O) groups is 1. The van der Waals surface area contributed by atoms with Gasteiger partial charge in [-0.1, -0.05) is 0 Å². The van der Waals surface area contributed by atoms with Crippen LogP contribution in [-0.2, 0) is 9.36 Å². The largest absolute Gasteiger partial charge is 0.379 e. The first kappa shape index (κ1) is 16.1. The van der Waals surface area contributed by atoms with Gasteiger partial charge in [0, 0.05) is 19.4 Å². The van der Waals surface area contributed by atoms with Crippen LogP contribution in [0.25, 0.3) is 0 Å². The predicted octanol–water partition coefficient (Wildman–Crippen LogP) is -1.34. The normalized spacial score (nSPS) is 12.9. The third kappa shape index (κ3) is 7.07. The van der Waals surface area contributed by atoms with Crippen LogP contribution in [-0.4, -0.2) is 50.1 Å². The van der Waals surface area contributed by atoms with E-state index in [1.165, 1.54) is 0 Å². The third-order valence-corrected chi connectivity index (χ3v) is 2.71. The van der Waals surface area contributed by atoms with Crippen molar-refractivity contribution in [2.24, 2.45) is 0 Å². The van der Waals surface area contributed by atoms with E-state index < -0.39 is 25.9 Å². The molecule has 0 heterocycles. The summed E-state index contributed by atoms with van der Waals surface area (Å²) in [5, 5.41) is 20.7. The summed E-state index contributed by atoms with van der Waals surface area (Å²) in [7, 11) is -4.58. The molecule has 1 amide bonds. The van der Waals surface area contributed by atoms with Crippen LogP contribution in [0, 0.1) is 12.3 Å². The number of rotatable bonds is 7. The molecule has 0 saturated heterocycles. The zero-order chi connectivity index (χ0) is 13.5. The van der Waals surface area contributed by atoms with Crippen molar-refractivity contribution in [3.63, 3.8) is 0 Å². The van der Waals surface area contributed by atoms with Crippen molar-refractivity contribution in [2.45, 2.75) is 18.7 Å². The molecule has 0 aromatic carbocycles. The van der Waals surface area contributed by atoms with Gasteiger partial charge < -0.3 is 14.9 Å². The Morgan fingerprint density at radius 1 is 1.53 bits per heavy atom. The van der Waals surface area contributed by atoms with Crippen LogP contribution in [0.4, 0.5) is 0 Å². The Labute approximate surface area is 98.4 Å². The fourth-order valence-corrected chi connectivity index (χ4v) is 1.18. The summed E-state index contributed by atoms with van der Waals surface area (Å²) in [6.07, 6.45) is 5.08. The highest BCUT2D eigenvalue weighted by Crippen LogP contribution is 2.38. The Hall–Kier alpha value is -0.940. The summed E-state index contributed by atoms with van der Waals surface area (Å²) < 4.78 is 10.5. The number of aliphatic hydroxyl groups is 1. The Morgan fingerprint density at radius 2 is 2.12 bits per heavy atom. The van der Waals surface area contributed by atoms with Gasteiger partial charge in [0.05, 0.1) is 6.67 Å². The lowest BCUT2D eigenvalue weighted by Crippen LogP contribution is -2.39. The molecule has 0 spiro atoms. The minimum absolute atomic E-state index is 0.0320. The molecule has 5 N–H and O–H groups in total. The maximum absolute atomic E-state index is 11.1. The smallest absolute Gasteiger partial charge is 0.355 e. The van der Waals surface area contributed by atoms with Gasteiger partial charge in [0.2, 0.25) is 5.91 Å². The molecule has 0 radical (unpaired) electrons. The van der Waals surface area contributed by atoms with Crippen LogP contribution < -0.4 is 5.32 Å². The number of carbonyl (C=O) groups excluding carboxylic acids is 1. The Bertz CT molecular complexity index is 335. The molecular formula is C8H15N2O6P. The summed E-state index contributed by atoms with van der Waals surface area (Å²) in [6.45, 7) is -0.815. The zero-order valence-corrected chi connectivity index (χ0v) is 9.88. The van der Waals surface area contributed by atoms with Gasteiger partial charge in [-0.3, -0.25) is 19.9 Å². The van der Waals surface area contributed by atoms with Gasteiger partial charge in [-0.2, -0.15) is 0 Å². The molecule has 98 valence electrons. The van der Waals surface area contributed by atoms with Crippen LogP contribution in [0.3, 0.4) is 0 Å². The Morgan fingerprint density at radius 3 is 2.59 bits per heavy atom. The standard InChI is InChI=1S/C8H15N2O6P/c1-2-3-4-7(11)10(13)6-9-5-8(12)17(14,15)16/h1,8-9,12-13H,3-6H2,(H2,14,15,16). The fraction of sp³-hybridized carbons (Fsp3) is 0.625. The van der Waals surface area contributed by atoms with Crippen molar-refractivity contribution < 1.29 is 29.5 Å². The van der Waals surface area contributed by atoms with E-state index in [1.54, 1.807) is 0 Å². The second-order valence-corrected chi connectivity index (χ2v) is 4.95. The summed E-state index contributed by atoms with van der Waals surface area (Å²) >= 11 is 0. The number of nitrogens with zero attached hydrogens (tertiary/aromatic N) is 1. The van der Waals surface area contributed by atoms with Gasteiger partial charge in [0.15, 0.2) is 5.85 Å². The molecule has 8 nitrogen and oxygen atoms in total. The lowest BCUT2D eigenvalue weighted by Gasteiger charge is -2.17. The second-order valence-electron chi connectivity index (χ2n) is 3.18. The highest BCUT2D eigenvalue weighted by Gasteiger charge is 2.25. The number of hydrogen-bond acceptors (Lipinski definition) is 5. The van der Waals surface area contributed by atoms with Crippen molar-refractivity contribution in [3.05, 3.63) is 0 Å². The van der Waals surface area contributed by atoms with E-state index in [9.17, 15) is 9.36 Å². The van der Waals surface area contributed by atoms with E-state index in [4.69, 9.17) is 26.5 Å². The second kappa shape index (κ2) is 7.40. The SMILES string of the molecule is C#CCCC(=O)N(O)CNCC(O)P(=O)(O)O. The van der Waals surface area contributed by atoms with E-state index in [-0.39, 0.29) is 19.5 Å². The summed E-state index contributed by atoms with van der Waals surface area (Å²) in [6, 6.07) is 0. The zero-order valence-electron chi connectivity index (χ0n) is 8.98. The maximum Gasteiger partial charge on any atom is 0.355 e. The molecule has 1 atom stereocenters. The molecule has 0 aliphatic carbocycles.